The van der Waals surface area contributed by atoms with Crippen LogP contribution in [0.1, 0.15) is 20.8 Å². The maximum atomic E-state index is 6.08. The fraction of sp³-hybridized carbons (Fsp3) is 0.667. The van der Waals surface area contributed by atoms with E-state index in [1.54, 1.807) is 24.2 Å². The third-order valence-electron chi connectivity index (χ3n) is 3.13. The molecule has 0 fully saturated rings. The van der Waals surface area contributed by atoms with E-state index in [2.05, 4.69) is 43.8 Å². The van der Waals surface area contributed by atoms with Crippen molar-refractivity contribution in [1.29, 1.82) is 0 Å². The summed E-state index contributed by atoms with van der Waals surface area (Å²) in [6.07, 6.45) is 3.54. The largest absolute Gasteiger partial charge is 0.416 e. The van der Waals surface area contributed by atoms with E-state index in [0.29, 0.717) is 0 Å². The summed E-state index contributed by atoms with van der Waals surface area (Å²) in [5.41, 5.74) is 0. The molecule has 0 aliphatic rings. The van der Waals surface area contributed by atoms with E-state index in [9.17, 15) is 0 Å². The Balaban J connectivity index is 2.30. The molecule has 0 unspecified atom stereocenters. The number of hydrogen-bond donors (Lipinski definition) is 0. The molecule has 0 radical (unpaired) electrons. The topological polar surface area (TPSA) is 35.0 Å². The van der Waals surface area contributed by atoms with Crippen LogP contribution in [-0.2, 0) is 4.43 Å². The molecular formula is C12H22N2OSSi. The summed E-state index contributed by atoms with van der Waals surface area (Å²) in [6.45, 7) is 12.1. The van der Waals surface area contributed by atoms with Crippen molar-refractivity contribution in [1.82, 2.24) is 9.97 Å². The Kier molecular flexibility index (Phi) is 5.16. The lowest BCUT2D eigenvalue weighted by Gasteiger charge is -2.36. The summed E-state index contributed by atoms with van der Waals surface area (Å²) in [6, 6.07) is 1.83. The van der Waals surface area contributed by atoms with Gasteiger partial charge in [0.25, 0.3) is 0 Å². The van der Waals surface area contributed by atoms with E-state index in [-0.39, 0.29) is 5.04 Å². The molecule has 0 atom stereocenters. The zero-order valence-corrected chi connectivity index (χ0v) is 13.2. The highest BCUT2D eigenvalue weighted by Crippen LogP contribution is 2.36. The molecule has 0 aliphatic heterocycles. The molecule has 1 aromatic rings. The highest BCUT2D eigenvalue weighted by atomic mass is 32.2. The molecule has 0 saturated heterocycles. The monoisotopic (exact) mass is 270 g/mol. The first kappa shape index (κ1) is 14.7. The second-order valence-corrected chi connectivity index (χ2v) is 11.4. The van der Waals surface area contributed by atoms with Crippen LogP contribution in [0.15, 0.2) is 23.6 Å². The maximum Gasteiger partial charge on any atom is 0.192 e. The molecule has 1 aromatic heterocycles. The second-order valence-electron chi connectivity index (χ2n) is 5.49. The van der Waals surface area contributed by atoms with Crippen molar-refractivity contribution in [3.8, 4) is 0 Å². The van der Waals surface area contributed by atoms with Gasteiger partial charge in [0, 0.05) is 24.8 Å². The Bertz CT molecular complexity index is 338. The molecule has 1 rings (SSSR count). The molecule has 0 bridgehead atoms. The van der Waals surface area contributed by atoms with Crippen LogP contribution in [0, 0.1) is 0 Å². The molecule has 1 heterocycles. The van der Waals surface area contributed by atoms with Crippen molar-refractivity contribution < 1.29 is 4.43 Å². The van der Waals surface area contributed by atoms with Gasteiger partial charge in [0.05, 0.1) is 0 Å². The quantitative estimate of drug-likeness (QED) is 0.354. The van der Waals surface area contributed by atoms with Gasteiger partial charge < -0.3 is 4.43 Å². The highest BCUT2D eigenvalue weighted by Gasteiger charge is 2.36. The number of aromatic nitrogens is 2. The van der Waals surface area contributed by atoms with Crippen molar-refractivity contribution in [2.24, 2.45) is 0 Å². The van der Waals surface area contributed by atoms with Crippen LogP contribution in [-0.4, -0.2) is 30.6 Å². The first-order valence-electron chi connectivity index (χ1n) is 5.87. The summed E-state index contributed by atoms with van der Waals surface area (Å²) in [5.74, 6) is 0.913. The molecule has 96 valence electrons. The lowest BCUT2D eigenvalue weighted by molar-refractivity contribution is 0.311. The molecule has 0 aromatic carbocycles. The lowest BCUT2D eigenvalue weighted by atomic mass is 10.2. The van der Waals surface area contributed by atoms with Crippen LogP contribution in [0.3, 0.4) is 0 Å². The molecular weight excluding hydrogens is 248 g/mol. The van der Waals surface area contributed by atoms with Gasteiger partial charge in [-0.2, -0.15) is 0 Å². The van der Waals surface area contributed by atoms with Crippen molar-refractivity contribution >= 4 is 20.1 Å². The highest BCUT2D eigenvalue weighted by molar-refractivity contribution is 7.99. The maximum absolute atomic E-state index is 6.08. The smallest absolute Gasteiger partial charge is 0.192 e. The SMILES string of the molecule is CC(C)(C)[Si](C)(C)OCCSc1ncccn1. The Labute approximate surface area is 110 Å². The molecule has 0 saturated carbocycles. The van der Waals surface area contributed by atoms with Crippen LogP contribution in [0.25, 0.3) is 0 Å². The minimum atomic E-state index is -1.60. The van der Waals surface area contributed by atoms with E-state index >= 15 is 0 Å². The minimum absolute atomic E-state index is 0.279. The summed E-state index contributed by atoms with van der Waals surface area (Å²) in [4.78, 5) is 8.34. The predicted octanol–water partition coefficient (Wildman–Crippen LogP) is 3.59. The average molecular weight is 270 g/mol. The summed E-state index contributed by atoms with van der Waals surface area (Å²) < 4.78 is 6.08. The normalized spacial score (nSPS) is 12.8. The van der Waals surface area contributed by atoms with Crippen LogP contribution < -0.4 is 0 Å². The Morgan fingerprint density at radius 2 is 1.82 bits per heavy atom. The van der Waals surface area contributed by atoms with Crippen LogP contribution >= 0.6 is 11.8 Å². The van der Waals surface area contributed by atoms with Gasteiger partial charge in [0.1, 0.15) is 0 Å². The van der Waals surface area contributed by atoms with Gasteiger partial charge >= 0.3 is 0 Å². The Hall–Kier alpha value is -0.393. The lowest BCUT2D eigenvalue weighted by Crippen LogP contribution is -2.41. The molecule has 3 nitrogen and oxygen atoms in total. The van der Waals surface area contributed by atoms with Gasteiger partial charge in [-0.15, -0.1) is 0 Å². The number of rotatable bonds is 5. The third-order valence-corrected chi connectivity index (χ3v) is 8.50. The van der Waals surface area contributed by atoms with Gasteiger partial charge in [0.2, 0.25) is 0 Å². The summed E-state index contributed by atoms with van der Waals surface area (Å²) in [5, 5.41) is 1.10. The van der Waals surface area contributed by atoms with Crippen molar-refractivity contribution in [3.05, 3.63) is 18.5 Å². The van der Waals surface area contributed by atoms with Crippen molar-refractivity contribution in [3.63, 3.8) is 0 Å². The molecule has 0 spiro atoms. The van der Waals surface area contributed by atoms with Crippen molar-refractivity contribution in [2.45, 2.75) is 44.1 Å². The summed E-state index contributed by atoms with van der Waals surface area (Å²) in [7, 11) is -1.60. The molecule has 0 amide bonds. The van der Waals surface area contributed by atoms with Gasteiger partial charge in [-0.25, -0.2) is 9.97 Å². The first-order valence-corrected chi connectivity index (χ1v) is 9.76. The van der Waals surface area contributed by atoms with E-state index in [1.165, 1.54) is 0 Å². The molecule has 5 heteroatoms. The third kappa shape index (κ3) is 4.77. The van der Waals surface area contributed by atoms with Gasteiger partial charge in [-0.05, 0) is 24.2 Å². The van der Waals surface area contributed by atoms with Gasteiger partial charge in [-0.3, -0.25) is 0 Å². The number of nitrogens with zero attached hydrogens (tertiary/aromatic N) is 2. The number of thioether (sulfide) groups is 1. The van der Waals surface area contributed by atoms with E-state index < -0.39 is 8.32 Å². The fourth-order valence-corrected chi connectivity index (χ4v) is 2.82. The zero-order valence-electron chi connectivity index (χ0n) is 11.4. The Morgan fingerprint density at radius 3 is 2.35 bits per heavy atom. The van der Waals surface area contributed by atoms with E-state index in [4.69, 9.17) is 4.43 Å². The van der Waals surface area contributed by atoms with Crippen LogP contribution in [0.2, 0.25) is 18.1 Å². The van der Waals surface area contributed by atoms with Crippen molar-refractivity contribution in [2.75, 3.05) is 12.4 Å². The van der Waals surface area contributed by atoms with E-state index in [0.717, 1.165) is 17.5 Å². The van der Waals surface area contributed by atoms with Crippen LogP contribution in [0.4, 0.5) is 0 Å². The minimum Gasteiger partial charge on any atom is -0.416 e. The standard InChI is InChI=1S/C12H22N2OSSi/c1-12(2,3)17(4,5)15-9-10-16-11-13-7-6-8-14-11/h6-8H,9-10H2,1-5H3. The molecule has 0 aliphatic carbocycles. The number of hydrogen-bond acceptors (Lipinski definition) is 4. The molecule has 0 N–H and O–H groups in total. The Morgan fingerprint density at radius 1 is 1.24 bits per heavy atom. The van der Waals surface area contributed by atoms with Crippen LogP contribution in [0.5, 0.6) is 0 Å². The fourth-order valence-electron chi connectivity index (χ4n) is 1.01. The second kappa shape index (κ2) is 5.98. The average Bonchev–Trinajstić information content (AvgIpc) is 2.24. The van der Waals surface area contributed by atoms with Gasteiger partial charge in [0.15, 0.2) is 13.5 Å². The predicted molar refractivity (Wildman–Crippen MR) is 75.9 cm³/mol. The summed E-state index contributed by atoms with van der Waals surface area (Å²) >= 11 is 1.65. The van der Waals surface area contributed by atoms with E-state index in [1.807, 2.05) is 6.07 Å². The molecule has 17 heavy (non-hydrogen) atoms. The first-order chi connectivity index (χ1) is 7.83. The van der Waals surface area contributed by atoms with Gasteiger partial charge in [-0.1, -0.05) is 32.5 Å². The zero-order chi connectivity index (χ0) is 12.9.